The predicted octanol–water partition coefficient (Wildman–Crippen LogP) is 4.53. The number of aryl methyl sites for hydroxylation is 1. The number of fused-ring (bicyclic) bond motifs is 1. The molecule has 1 unspecified atom stereocenters. The topological polar surface area (TPSA) is 93.4 Å². The Labute approximate surface area is 211 Å². The zero-order valence-electron chi connectivity index (χ0n) is 21.2. The highest BCUT2D eigenvalue weighted by Crippen LogP contribution is 2.40. The number of carbonyl (C=O) groups is 2. The van der Waals surface area contributed by atoms with E-state index in [1.165, 1.54) is 4.90 Å². The molecule has 2 aromatic heterocycles. The number of aliphatic hydroxyl groups excluding tert-OH is 1. The summed E-state index contributed by atoms with van der Waals surface area (Å²) in [7, 11) is 1.59. The lowest BCUT2D eigenvalue weighted by molar-refractivity contribution is -0.140. The maximum absolute atomic E-state index is 13.3. The second-order valence-electron chi connectivity index (χ2n) is 9.42. The van der Waals surface area contributed by atoms with E-state index in [9.17, 15) is 14.7 Å². The molecule has 0 radical (unpaired) electrons. The number of imidazole rings is 1. The zero-order chi connectivity index (χ0) is 25.8. The molecular weight excluding hydrogens is 458 g/mol. The number of nitrogens with zero attached hydrogens (tertiary/aromatic N) is 3. The summed E-state index contributed by atoms with van der Waals surface area (Å²) in [5.41, 5.74) is 2.35. The molecule has 1 saturated heterocycles. The molecule has 1 aliphatic rings. The van der Waals surface area contributed by atoms with E-state index >= 15 is 0 Å². The van der Waals surface area contributed by atoms with Gasteiger partial charge in [0.05, 0.1) is 23.9 Å². The van der Waals surface area contributed by atoms with Gasteiger partial charge in [-0.15, -0.1) is 0 Å². The minimum atomic E-state index is -0.760. The van der Waals surface area contributed by atoms with E-state index in [1.54, 1.807) is 24.6 Å². The number of ether oxygens (including phenoxy) is 2. The van der Waals surface area contributed by atoms with Gasteiger partial charge in [0.2, 0.25) is 0 Å². The van der Waals surface area contributed by atoms with Gasteiger partial charge in [0.1, 0.15) is 17.1 Å². The Hall–Kier alpha value is -3.65. The fourth-order valence-electron chi connectivity index (χ4n) is 4.55. The van der Waals surface area contributed by atoms with Crippen molar-refractivity contribution in [1.82, 2.24) is 14.3 Å². The van der Waals surface area contributed by atoms with Gasteiger partial charge in [-0.25, -0.2) is 4.98 Å². The van der Waals surface area contributed by atoms with Crippen LogP contribution in [0.25, 0.3) is 11.4 Å². The number of aliphatic hydroxyl groups is 1. The molecule has 0 bridgehead atoms. The summed E-state index contributed by atoms with van der Waals surface area (Å²) in [4.78, 5) is 32.6. The van der Waals surface area contributed by atoms with Gasteiger partial charge >= 0.3 is 0 Å². The summed E-state index contributed by atoms with van der Waals surface area (Å²) in [6, 6.07) is 12.1. The van der Waals surface area contributed by atoms with Gasteiger partial charge in [-0.2, -0.15) is 0 Å². The van der Waals surface area contributed by atoms with Gasteiger partial charge in [-0.05, 0) is 55.5 Å². The third-order valence-electron chi connectivity index (χ3n) is 6.35. The highest BCUT2D eigenvalue weighted by Gasteiger charge is 2.46. The summed E-state index contributed by atoms with van der Waals surface area (Å²) in [6.45, 7) is 7.36. The first-order valence-corrected chi connectivity index (χ1v) is 12.3. The van der Waals surface area contributed by atoms with Gasteiger partial charge in [0.15, 0.2) is 5.76 Å². The van der Waals surface area contributed by atoms with Crippen LogP contribution in [0.1, 0.15) is 49.7 Å². The molecule has 0 spiro atoms. The van der Waals surface area contributed by atoms with Crippen LogP contribution in [0.4, 0.5) is 0 Å². The van der Waals surface area contributed by atoms with E-state index in [0.717, 1.165) is 6.42 Å². The molecule has 0 aliphatic carbocycles. The molecule has 1 amide bonds. The Bertz CT molecular complexity index is 1290. The van der Waals surface area contributed by atoms with Crippen LogP contribution in [0, 0.1) is 12.8 Å². The van der Waals surface area contributed by atoms with Crippen molar-refractivity contribution in [3.05, 3.63) is 71.2 Å². The van der Waals surface area contributed by atoms with Crippen LogP contribution in [0.2, 0.25) is 0 Å². The second kappa shape index (κ2) is 11.0. The van der Waals surface area contributed by atoms with Gasteiger partial charge in [-0.1, -0.05) is 32.0 Å². The van der Waals surface area contributed by atoms with Crippen molar-refractivity contribution < 1.29 is 24.2 Å². The fourth-order valence-corrected chi connectivity index (χ4v) is 4.55. The molecule has 3 heterocycles. The first kappa shape index (κ1) is 25.4. The summed E-state index contributed by atoms with van der Waals surface area (Å²) < 4.78 is 12.8. The Balaban J connectivity index is 1.82. The monoisotopic (exact) mass is 491 g/mol. The lowest BCUT2D eigenvalue weighted by Gasteiger charge is -2.25. The Kier molecular flexibility index (Phi) is 7.74. The number of hydrogen-bond acceptors (Lipinski definition) is 6. The highest BCUT2D eigenvalue weighted by molar-refractivity contribution is 6.46. The molecule has 1 N–H and O–H groups in total. The predicted molar refractivity (Wildman–Crippen MR) is 137 cm³/mol. The molecule has 1 fully saturated rings. The quantitative estimate of drug-likeness (QED) is 0.194. The number of pyridine rings is 1. The van der Waals surface area contributed by atoms with Crippen molar-refractivity contribution in [2.75, 3.05) is 26.9 Å². The number of methoxy groups -OCH3 is 1. The third-order valence-corrected chi connectivity index (χ3v) is 6.35. The number of benzene rings is 1. The average Bonchev–Trinajstić information content (AvgIpc) is 3.32. The van der Waals surface area contributed by atoms with Crippen LogP contribution < -0.4 is 4.74 Å². The lowest BCUT2D eigenvalue weighted by Crippen LogP contribution is -2.31. The summed E-state index contributed by atoms with van der Waals surface area (Å²) >= 11 is 0. The molecule has 4 rings (SSSR count). The maximum atomic E-state index is 13.3. The number of amides is 1. The Morgan fingerprint density at radius 3 is 2.69 bits per heavy atom. The van der Waals surface area contributed by atoms with Crippen LogP contribution in [-0.4, -0.2) is 57.9 Å². The Morgan fingerprint density at radius 1 is 1.14 bits per heavy atom. The summed E-state index contributed by atoms with van der Waals surface area (Å²) in [6.07, 6.45) is 3.24. The fraction of sp³-hybridized carbons (Fsp3) is 0.393. The number of rotatable bonds is 10. The number of likely N-dealkylation sites (tertiary alicyclic amines) is 1. The van der Waals surface area contributed by atoms with Crippen molar-refractivity contribution >= 4 is 23.1 Å². The molecular formula is C28H33N3O5. The molecule has 1 aliphatic heterocycles. The van der Waals surface area contributed by atoms with Crippen LogP contribution in [0.3, 0.4) is 0 Å². The molecule has 36 heavy (non-hydrogen) atoms. The first-order chi connectivity index (χ1) is 17.3. The van der Waals surface area contributed by atoms with Crippen molar-refractivity contribution in [2.24, 2.45) is 5.92 Å². The number of aromatic nitrogens is 2. The average molecular weight is 492 g/mol. The molecule has 1 atom stereocenters. The normalized spacial score (nSPS) is 17.5. The minimum Gasteiger partial charge on any atom is -0.505 e. The lowest BCUT2D eigenvalue weighted by atomic mass is 9.96. The van der Waals surface area contributed by atoms with Crippen LogP contribution in [0.5, 0.6) is 5.75 Å². The van der Waals surface area contributed by atoms with Crippen molar-refractivity contribution in [3.63, 3.8) is 0 Å². The molecule has 0 saturated carbocycles. The highest BCUT2D eigenvalue weighted by atomic mass is 16.5. The van der Waals surface area contributed by atoms with Crippen molar-refractivity contribution in [2.45, 2.75) is 39.7 Å². The van der Waals surface area contributed by atoms with Crippen LogP contribution in [-0.2, 0) is 14.3 Å². The summed E-state index contributed by atoms with van der Waals surface area (Å²) in [5, 5.41) is 11.5. The maximum Gasteiger partial charge on any atom is 0.295 e. The third kappa shape index (κ3) is 4.99. The van der Waals surface area contributed by atoms with E-state index in [4.69, 9.17) is 9.47 Å². The van der Waals surface area contributed by atoms with E-state index in [-0.39, 0.29) is 11.3 Å². The molecule has 8 nitrogen and oxygen atoms in total. The first-order valence-electron chi connectivity index (χ1n) is 12.3. The van der Waals surface area contributed by atoms with Crippen LogP contribution >= 0.6 is 0 Å². The Morgan fingerprint density at radius 2 is 1.94 bits per heavy atom. The largest absolute Gasteiger partial charge is 0.505 e. The molecule has 1 aromatic carbocycles. The number of ketones is 1. The van der Waals surface area contributed by atoms with Gasteiger partial charge in [0, 0.05) is 26.5 Å². The number of carbonyl (C=O) groups excluding carboxylic acids is 2. The zero-order valence-corrected chi connectivity index (χ0v) is 21.2. The van der Waals surface area contributed by atoms with Crippen molar-refractivity contribution in [3.8, 4) is 5.75 Å². The SMILES string of the molecule is COCCCN1C(=O)C(=O)/C(=C(/O)c2c(C)nc3ccccn23)C1c1cccc(OCCC(C)C)c1. The van der Waals surface area contributed by atoms with E-state index in [0.29, 0.717) is 60.4 Å². The number of hydrogen-bond donors (Lipinski definition) is 1. The van der Waals surface area contributed by atoms with E-state index < -0.39 is 17.7 Å². The smallest absolute Gasteiger partial charge is 0.295 e. The van der Waals surface area contributed by atoms with Gasteiger partial charge in [-0.3, -0.25) is 14.0 Å². The minimum absolute atomic E-state index is 0.0468. The molecule has 3 aromatic rings. The molecule has 8 heteroatoms. The van der Waals surface area contributed by atoms with E-state index in [2.05, 4.69) is 18.8 Å². The van der Waals surface area contributed by atoms with Gasteiger partial charge in [0.25, 0.3) is 11.7 Å². The van der Waals surface area contributed by atoms with Crippen molar-refractivity contribution in [1.29, 1.82) is 0 Å². The van der Waals surface area contributed by atoms with Crippen LogP contribution in [0.15, 0.2) is 54.2 Å². The van der Waals surface area contributed by atoms with E-state index in [1.807, 2.05) is 42.5 Å². The van der Waals surface area contributed by atoms with Gasteiger partial charge < -0.3 is 19.5 Å². The number of Topliss-reactive ketones (excluding diaryl/α,β-unsaturated/α-hetero) is 1. The molecule has 190 valence electrons. The second-order valence-corrected chi connectivity index (χ2v) is 9.42. The standard InChI is InChI=1S/C28H33N3O5/c1-18(2)12-16-36-21-10-7-9-20(17-21)25-23(27(33)28(34)31(25)14-8-15-35-4)26(32)24-19(3)29-22-11-5-6-13-30(22)24/h5-7,9-11,13,17-18,25,32H,8,12,14-16H2,1-4H3/b26-23+. The summed E-state index contributed by atoms with van der Waals surface area (Å²) in [5.74, 6) is -0.437.